The zero-order valence-corrected chi connectivity index (χ0v) is 13.6. The fourth-order valence-electron chi connectivity index (χ4n) is 2.32. The van der Waals surface area contributed by atoms with Crippen LogP contribution in [-0.2, 0) is 0 Å². The van der Waals surface area contributed by atoms with Gasteiger partial charge in [0.1, 0.15) is 0 Å². The van der Waals surface area contributed by atoms with Gasteiger partial charge in [0.05, 0.1) is 10.6 Å². The molecule has 0 radical (unpaired) electrons. The number of hydrogen-bond acceptors (Lipinski definition) is 1. The third kappa shape index (κ3) is 3.39. The maximum atomic E-state index is 13.1. The molecule has 0 bridgehead atoms. The lowest BCUT2D eigenvalue weighted by molar-refractivity contribution is 0.0999. The molecule has 3 aromatic rings. The van der Waals surface area contributed by atoms with Crippen LogP contribution in [0.3, 0.4) is 0 Å². The molecule has 23 heavy (non-hydrogen) atoms. The minimum atomic E-state index is -0.205. The van der Waals surface area contributed by atoms with Gasteiger partial charge >= 0.3 is 0 Å². The molecule has 0 spiro atoms. The fraction of sp³-hybridized carbons (Fsp3) is 0. The highest BCUT2D eigenvalue weighted by Gasteiger charge is 2.21. The summed E-state index contributed by atoms with van der Waals surface area (Å²) in [6.07, 6.45) is 0. The first-order valence-electron chi connectivity index (χ1n) is 7.06. The standard InChI is InChI=1S/C19H13Cl2NO/c20-14-11-12-17(18(21)13-14)19(23)22(15-7-3-1-4-8-15)16-9-5-2-6-10-16/h1-13H. The van der Waals surface area contributed by atoms with Gasteiger partial charge in [-0.05, 0) is 42.5 Å². The number of benzene rings is 3. The van der Waals surface area contributed by atoms with E-state index in [2.05, 4.69) is 0 Å². The molecular formula is C19H13Cl2NO. The highest BCUT2D eigenvalue weighted by atomic mass is 35.5. The Labute approximate surface area is 144 Å². The average Bonchev–Trinajstić information content (AvgIpc) is 2.57. The first-order valence-corrected chi connectivity index (χ1v) is 7.82. The van der Waals surface area contributed by atoms with Crippen LogP contribution in [0.2, 0.25) is 10.0 Å². The molecule has 114 valence electrons. The number of halogens is 2. The van der Waals surface area contributed by atoms with Gasteiger partial charge in [-0.15, -0.1) is 0 Å². The van der Waals surface area contributed by atoms with E-state index in [-0.39, 0.29) is 5.91 Å². The van der Waals surface area contributed by atoms with Crippen molar-refractivity contribution < 1.29 is 4.79 Å². The molecule has 0 aromatic heterocycles. The first-order chi connectivity index (χ1) is 11.2. The topological polar surface area (TPSA) is 20.3 Å². The summed E-state index contributed by atoms with van der Waals surface area (Å²) in [4.78, 5) is 14.7. The Hall–Kier alpha value is -2.29. The van der Waals surface area contributed by atoms with Crippen molar-refractivity contribution in [2.75, 3.05) is 4.90 Å². The van der Waals surface area contributed by atoms with Crippen molar-refractivity contribution in [2.45, 2.75) is 0 Å². The molecule has 0 heterocycles. The van der Waals surface area contributed by atoms with Gasteiger partial charge in [0.2, 0.25) is 0 Å². The van der Waals surface area contributed by atoms with Gasteiger partial charge in [-0.2, -0.15) is 0 Å². The maximum Gasteiger partial charge on any atom is 0.264 e. The van der Waals surface area contributed by atoms with Crippen LogP contribution in [0.15, 0.2) is 78.9 Å². The van der Waals surface area contributed by atoms with E-state index in [0.29, 0.717) is 15.6 Å². The second-order valence-corrected chi connectivity index (χ2v) is 5.78. The van der Waals surface area contributed by atoms with Gasteiger partial charge in [-0.3, -0.25) is 9.69 Å². The predicted octanol–water partition coefficient (Wildman–Crippen LogP) is 5.97. The van der Waals surface area contributed by atoms with Gasteiger partial charge in [0, 0.05) is 16.4 Å². The molecule has 0 aliphatic rings. The van der Waals surface area contributed by atoms with E-state index in [1.165, 1.54) is 0 Å². The lowest BCUT2D eigenvalue weighted by atomic mass is 10.1. The Kier molecular flexibility index (Phi) is 4.65. The molecule has 3 aromatic carbocycles. The Bertz CT molecular complexity index is 780. The third-order valence-electron chi connectivity index (χ3n) is 3.39. The molecule has 0 saturated heterocycles. The molecule has 2 nitrogen and oxygen atoms in total. The van der Waals surface area contributed by atoms with E-state index in [9.17, 15) is 4.79 Å². The summed E-state index contributed by atoms with van der Waals surface area (Å²) in [5.74, 6) is -0.205. The zero-order chi connectivity index (χ0) is 16.2. The number of amides is 1. The quantitative estimate of drug-likeness (QED) is 0.574. The van der Waals surface area contributed by atoms with E-state index < -0.39 is 0 Å². The highest BCUT2D eigenvalue weighted by Crippen LogP contribution is 2.30. The largest absolute Gasteiger partial charge is 0.277 e. The van der Waals surface area contributed by atoms with Crippen LogP contribution in [0.4, 0.5) is 11.4 Å². The molecule has 0 unspecified atom stereocenters. The summed E-state index contributed by atoms with van der Waals surface area (Å²) in [6.45, 7) is 0. The lowest BCUT2D eigenvalue weighted by Crippen LogP contribution is -2.26. The molecule has 0 saturated carbocycles. The van der Waals surface area contributed by atoms with E-state index in [1.54, 1.807) is 23.1 Å². The Morgan fingerprint density at radius 3 is 1.74 bits per heavy atom. The van der Waals surface area contributed by atoms with Crippen molar-refractivity contribution >= 4 is 40.5 Å². The van der Waals surface area contributed by atoms with Crippen molar-refractivity contribution in [3.63, 3.8) is 0 Å². The van der Waals surface area contributed by atoms with E-state index in [4.69, 9.17) is 23.2 Å². The Morgan fingerprint density at radius 2 is 1.26 bits per heavy atom. The molecule has 0 aliphatic heterocycles. The van der Waals surface area contributed by atoms with Crippen LogP contribution in [0, 0.1) is 0 Å². The van der Waals surface area contributed by atoms with Crippen LogP contribution >= 0.6 is 23.2 Å². The molecule has 4 heteroatoms. The summed E-state index contributed by atoms with van der Waals surface area (Å²) in [5.41, 5.74) is 1.95. The second-order valence-electron chi connectivity index (χ2n) is 4.94. The smallest absolute Gasteiger partial charge is 0.264 e. The number of carbonyl (C=O) groups excluding carboxylic acids is 1. The average molecular weight is 342 g/mol. The molecule has 0 fully saturated rings. The number of carbonyl (C=O) groups is 1. The van der Waals surface area contributed by atoms with Crippen molar-refractivity contribution in [1.29, 1.82) is 0 Å². The summed E-state index contributed by atoms with van der Waals surface area (Å²) < 4.78 is 0. The van der Waals surface area contributed by atoms with Crippen LogP contribution in [0.25, 0.3) is 0 Å². The van der Waals surface area contributed by atoms with Crippen molar-refractivity contribution in [3.8, 4) is 0 Å². The second kappa shape index (κ2) is 6.86. The number of anilines is 2. The summed E-state index contributed by atoms with van der Waals surface area (Å²) in [5, 5.41) is 0.830. The van der Waals surface area contributed by atoms with Gasteiger partial charge in [-0.25, -0.2) is 0 Å². The Balaban J connectivity index is 2.10. The van der Waals surface area contributed by atoms with Crippen molar-refractivity contribution in [3.05, 3.63) is 94.5 Å². The van der Waals surface area contributed by atoms with E-state index in [1.807, 2.05) is 60.7 Å². The molecular weight excluding hydrogens is 329 g/mol. The normalized spacial score (nSPS) is 10.3. The Morgan fingerprint density at radius 1 is 0.739 bits per heavy atom. The minimum Gasteiger partial charge on any atom is -0.277 e. The summed E-state index contributed by atoms with van der Waals surface area (Å²) in [7, 11) is 0. The molecule has 0 atom stereocenters. The molecule has 1 amide bonds. The van der Waals surface area contributed by atoms with Crippen molar-refractivity contribution in [1.82, 2.24) is 0 Å². The maximum absolute atomic E-state index is 13.1. The van der Waals surface area contributed by atoms with Crippen LogP contribution in [-0.4, -0.2) is 5.91 Å². The minimum absolute atomic E-state index is 0.205. The van der Waals surface area contributed by atoms with Crippen molar-refractivity contribution in [2.24, 2.45) is 0 Å². The fourth-order valence-corrected chi connectivity index (χ4v) is 2.81. The van der Waals surface area contributed by atoms with Gasteiger partial charge in [0.15, 0.2) is 0 Å². The summed E-state index contributed by atoms with van der Waals surface area (Å²) >= 11 is 12.1. The number of nitrogens with zero attached hydrogens (tertiary/aromatic N) is 1. The van der Waals surface area contributed by atoms with Gasteiger partial charge < -0.3 is 0 Å². The van der Waals surface area contributed by atoms with Gasteiger partial charge in [0.25, 0.3) is 5.91 Å². The predicted molar refractivity (Wildman–Crippen MR) is 95.8 cm³/mol. The third-order valence-corrected chi connectivity index (χ3v) is 3.94. The number of hydrogen-bond donors (Lipinski definition) is 0. The SMILES string of the molecule is O=C(c1ccc(Cl)cc1Cl)N(c1ccccc1)c1ccccc1. The number of para-hydroxylation sites is 2. The first kappa shape index (κ1) is 15.6. The lowest BCUT2D eigenvalue weighted by Gasteiger charge is -2.23. The van der Waals surface area contributed by atoms with E-state index >= 15 is 0 Å². The van der Waals surface area contributed by atoms with Crippen LogP contribution in [0.1, 0.15) is 10.4 Å². The van der Waals surface area contributed by atoms with Crippen LogP contribution < -0.4 is 4.90 Å². The monoisotopic (exact) mass is 341 g/mol. The molecule has 0 aliphatic carbocycles. The van der Waals surface area contributed by atoms with E-state index in [0.717, 1.165) is 11.4 Å². The number of rotatable bonds is 3. The van der Waals surface area contributed by atoms with Crippen LogP contribution in [0.5, 0.6) is 0 Å². The molecule has 0 N–H and O–H groups in total. The summed E-state index contributed by atoms with van der Waals surface area (Å²) in [6, 6.07) is 23.8. The zero-order valence-electron chi connectivity index (χ0n) is 12.1. The van der Waals surface area contributed by atoms with Gasteiger partial charge in [-0.1, -0.05) is 59.6 Å². The molecule has 3 rings (SSSR count). The highest BCUT2D eigenvalue weighted by molar-refractivity contribution is 6.37.